The Morgan fingerprint density at radius 3 is 2.64 bits per heavy atom. The lowest BCUT2D eigenvalue weighted by atomic mass is 10.1. The fraction of sp³-hybridized carbons (Fsp3) is 0.111. The number of Topliss-reactive ketones (excluding diaryl/α,β-unsaturated/α-hetero) is 1. The Bertz CT molecular complexity index is 745. The number of hydrogen-bond acceptors (Lipinski definition) is 3. The highest BCUT2D eigenvalue weighted by molar-refractivity contribution is 6.04. The van der Waals surface area contributed by atoms with Crippen molar-refractivity contribution < 1.29 is 9.59 Å². The molecule has 0 unspecified atom stereocenters. The zero-order valence-electron chi connectivity index (χ0n) is 12.2. The highest BCUT2D eigenvalue weighted by Crippen LogP contribution is 2.15. The second-order valence-electron chi connectivity index (χ2n) is 4.73. The number of carbonyl (C=O) groups excluding carboxylic acids is 2. The summed E-state index contributed by atoms with van der Waals surface area (Å²) in [6.45, 7) is 1.55. The largest absolute Gasteiger partial charge is 0.376 e. The number of carbonyl (C=O) groups is 2. The maximum atomic E-state index is 12.0. The summed E-state index contributed by atoms with van der Waals surface area (Å²) in [5, 5.41) is 5.72. The van der Waals surface area contributed by atoms with Crippen LogP contribution in [0.25, 0.3) is 0 Å². The van der Waals surface area contributed by atoms with Gasteiger partial charge in [-0.3, -0.25) is 9.59 Å². The summed E-state index contributed by atoms with van der Waals surface area (Å²) in [5.74, 6) is 2.21. The molecule has 4 nitrogen and oxygen atoms in total. The lowest BCUT2D eigenvalue weighted by molar-refractivity contribution is -0.114. The lowest BCUT2D eigenvalue weighted by Crippen LogP contribution is -2.22. The van der Waals surface area contributed by atoms with Crippen LogP contribution in [0.5, 0.6) is 0 Å². The van der Waals surface area contributed by atoms with Gasteiger partial charge in [0.15, 0.2) is 5.78 Å². The van der Waals surface area contributed by atoms with Gasteiger partial charge in [-0.2, -0.15) is 0 Å². The van der Waals surface area contributed by atoms with Crippen LogP contribution < -0.4 is 10.6 Å². The highest BCUT2D eigenvalue weighted by Gasteiger charge is 2.09. The van der Waals surface area contributed by atoms with Crippen LogP contribution >= 0.6 is 0 Å². The number of benzene rings is 2. The van der Waals surface area contributed by atoms with Crippen LogP contribution in [0.15, 0.2) is 48.5 Å². The van der Waals surface area contributed by atoms with E-state index in [1.54, 1.807) is 30.3 Å². The molecule has 0 atom stereocenters. The van der Waals surface area contributed by atoms with Gasteiger partial charge in [-0.25, -0.2) is 0 Å². The molecule has 0 spiro atoms. The second-order valence-corrected chi connectivity index (χ2v) is 4.73. The van der Waals surface area contributed by atoms with Crippen molar-refractivity contribution in [2.75, 3.05) is 17.2 Å². The summed E-state index contributed by atoms with van der Waals surface area (Å²) < 4.78 is 0. The number of nitrogens with one attached hydrogen (secondary N) is 2. The predicted molar refractivity (Wildman–Crippen MR) is 87.9 cm³/mol. The van der Waals surface area contributed by atoms with E-state index in [0.29, 0.717) is 11.3 Å². The monoisotopic (exact) mass is 292 g/mol. The first-order valence-electron chi connectivity index (χ1n) is 6.80. The van der Waals surface area contributed by atoms with E-state index in [-0.39, 0.29) is 18.2 Å². The third kappa shape index (κ3) is 3.97. The van der Waals surface area contributed by atoms with E-state index in [0.717, 1.165) is 11.3 Å². The molecule has 2 aromatic carbocycles. The second kappa shape index (κ2) is 7.09. The van der Waals surface area contributed by atoms with Crippen molar-refractivity contribution in [2.45, 2.75) is 6.92 Å². The summed E-state index contributed by atoms with van der Waals surface area (Å²) in [4.78, 5) is 23.5. The fourth-order valence-corrected chi connectivity index (χ4v) is 1.99. The van der Waals surface area contributed by atoms with Crippen LogP contribution in [0.3, 0.4) is 0 Å². The van der Waals surface area contributed by atoms with E-state index < -0.39 is 0 Å². The number of amides is 1. The van der Waals surface area contributed by atoms with Crippen LogP contribution in [0.4, 0.5) is 11.4 Å². The maximum Gasteiger partial charge on any atom is 0.243 e. The topological polar surface area (TPSA) is 58.2 Å². The Morgan fingerprint density at radius 2 is 1.91 bits per heavy atom. The van der Waals surface area contributed by atoms with Gasteiger partial charge in [0.1, 0.15) is 0 Å². The minimum atomic E-state index is -0.236. The van der Waals surface area contributed by atoms with Crippen LogP contribution in [-0.4, -0.2) is 18.2 Å². The Hall–Kier alpha value is -3.06. The van der Waals surface area contributed by atoms with Crippen molar-refractivity contribution in [1.82, 2.24) is 0 Å². The standard InChI is InChI=1S/C18H16N2O2/c1-3-14-7-6-8-15(11-14)19-12-18(22)20-17-10-5-4-9-16(17)13(2)21/h1,4-11,19H,12H2,2H3,(H,20,22). The number of para-hydroxylation sites is 1. The Labute approximate surface area is 129 Å². The minimum absolute atomic E-state index is 0.0836. The molecule has 0 aromatic heterocycles. The third-order valence-electron chi connectivity index (χ3n) is 3.06. The van der Waals surface area contributed by atoms with Gasteiger partial charge in [0.05, 0.1) is 12.2 Å². The SMILES string of the molecule is C#Cc1cccc(NCC(=O)Nc2ccccc2C(C)=O)c1. The van der Waals surface area contributed by atoms with Gasteiger partial charge in [-0.05, 0) is 37.3 Å². The Kier molecular flexibility index (Phi) is 4.94. The van der Waals surface area contributed by atoms with Crippen molar-refractivity contribution in [3.8, 4) is 12.3 Å². The molecular formula is C18H16N2O2. The molecule has 0 aliphatic carbocycles. The summed E-state index contributed by atoms with van der Waals surface area (Å²) in [6.07, 6.45) is 5.33. The zero-order chi connectivity index (χ0) is 15.9. The van der Waals surface area contributed by atoms with E-state index in [9.17, 15) is 9.59 Å². The normalized spacial score (nSPS) is 9.64. The molecule has 0 bridgehead atoms. The maximum absolute atomic E-state index is 12.0. The first kappa shape index (κ1) is 15.3. The molecule has 0 saturated heterocycles. The molecule has 1 amide bonds. The number of terminal acetylenes is 1. The van der Waals surface area contributed by atoms with Crippen molar-refractivity contribution >= 4 is 23.1 Å². The first-order valence-corrected chi connectivity index (χ1v) is 6.80. The van der Waals surface area contributed by atoms with E-state index in [2.05, 4.69) is 16.6 Å². The number of ketones is 1. The third-order valence-corrected chi connectivity index (χ3v) is 3.06. The van der Waals surface area contributed by atoms with Gasteiger partial charge < -0.3 is 10.6 Å². The van der Waals surface area contributed by atoms with Crippen LogP contribution in [0.2, 0.25) is 0 Å². The van der Waals surface area contributed by atoms with Gasteiger partial charge >= 0.3 is 0 Å². The van der Waals surface area contributed by atoms with Crippen molar-refractivity contribution in [2.24, 2.45) is 0 Å². The molecule has 0 saturated carbocycles. The number of hydrogen-bond donors (Lipinski definition) is 2. The molecule has 0 aliphatic rings. The molecule has 110 valence electrons. The smallest absolute Gasteiger partial charge is 0.243 e. The number of anilines is 2. The summed E-state index contributed by atoms with van der Waals surface area (Å²) >= 11 is 0. The van der Waals surface area contributed by atoms with Crippen molar-refractivity contribution in [3.63, 3.8) is 0 Å². The zero-order valence-corrected chi connectivity index (χ0v) is 12.2. The Morgan fingerprint density at radius 1 is 1.14 bits per heavy atom. The molecule has 0 heterocycles. The molecule has 0 fully saturated rings. The summed E-state index contributed by atoms with van der Waals surface area (Å²) in [6, 6.07) is 14.2. The van der Waals surface area contributed by atoms with Crippen molar-refractivity contribution in [1.29, 1.82) is 0 Å². The van der Waals surface area contributed by atoms with Gasteiger partial charge in [0.2, 0.25) is 5.91 Å². The predicted octanol–water partition coefficient (Wildman–Crippen LogP) is 2.92. The van der Waals surface area contributed by atoms with Gasteiger partial charge in [0.25, 0.3) is 0 Å². The molecule has 2 rings (SSSR count). The van der Waals surface area contributed by atoms with E-state index in [1.165, 1.54) is 6.92 Å². The van der Waals surface area contributed by atoms with Gasteiger partial charge in [0, 0.05) is 16.8 Å². The quantitative estimate of drug-likeness (QED) is 0.658. The number of rotatable bonds is 5. The summed E-state index contributed by atoms with van der Waals surface area (Å²) in [5.41, 5.74) is 2.52. The van der Waals surface area contributed by atoms with Crippen LogP contribution in [0, 0.1) is 12.3 Å². The van der Waals surface area contributed by atoms with Gasteiger partial charge in [-0.1, -0.05) is 24.1 Å². The molecule has 22 heavy (non-hydrogen) atoms. The van der Waals surface area contributed by atoms with E-state index in [4.69, 9.17) is 6.42 Å². The lowest BCUT2D eigenvalue weighted by Gasteiger charge is -2.10. The molecule has 2 N–H and O–H groups in total. The molecular weight excluding hydrogens is 276 g/mol. The fourth-order valence-electron chi connectivity index (χ4n) is 1.99. The van der Waals surface area contributed by atoms with Crippen LogP contribution in [-0.2, 0) is 4.79 Å². The molecule has 0 aliphatic heterocycles. The average molecular weight is 292 g/mol. The highest BCUT2D eigenvalue weighted by atomic mass is 16.2. The summed E-state index contributed by atoms with van der Waals surface area (Å²) in [7, 11) is 0. The average Bonchev–Trinajstić information content (AvgIpc) is 2.53. The molecule has 2 aromatic rings. The molecule has 4 heteroatoms. The molecule has 0 radical (unpaired) electrons. The minimum Gasteiger partial charge on any atom is -0.376 e. The van der Waals surface area contributed by atoms with E-state index >= 15 is 0 Å². The first-order chi connectivity index (χ1) is 10.6. The van der Waals surface area contributed by atoms with Crippen molar-refractivity contribution in [3.05, 3.63) is 59.7 Å². The van der Waals surface area contributed by atoms with Crippen LogP contribution in [0.1, 0.15) is 22.8 Å². The van der Waals surface area contributed by atoms with E-state index in [1.807, 2.05) is 18.2 Å². The Balaban J connectivity index is 1.99. The van der Waals surface area contributed by atoms with Gasteiger partial charge in [-0.15, -0.1) is 6.42 Å².